The Hall–Kier alpha value is -4.82. The second-order valence-electron chi connectivity index (χ2n) is 11.2. The first kappa shape index (κ1) is 34.5. The van der Waals surface area contributed by atoms with Crippen LogP contribution in [0.1, 0.15) is 40.4 Å². The zero-order chi connectivity index (χ0) is 34.6. The molecule has 1 aliphatic heterocycles. The molecule has 4 aromatic rings. The van der Waals surface area contributed by atoms with Crippen LogP contribution in [0.5, 0.6) is 5.75 Å². The third-order valence-corrected chi connectivity index (χ3v) is 8.16. The van der Waals surface area contributed by atoms with E-state index in [9.17, 15) is 27.6 Å². The number of carboxylic acid groups (broad SMARTS) is 1. The smallest absolute Gasteiger partial charge is 0.416 e. The molecule has 0 radical (unpaired) electrons. The molecule has 1 aliphatic rings. The summed E-state index contributed by atoms with van der Waals surface area (Å²) in [7, 11) is 0. The summed E-state index contributed by atoms with van der Waals surface area (Å²) in [5, 5.41) is 11.9. The van der Waals surface area contributed by atoms with Crippen LogP contribution in [0.4, 0.5) is 22.0 Å². The van der Waals surface area contributed by atoms with Crippen molar-refractivity contribution >= 4 is 5.97 Å². The molecule has 1 aromatic heterocycles. The Labute approximate surface area is 271 Å². The van der Waals surface area contributed by atoms with Crippen LogP contribution in [-0.4, -0.2) is 46.6 Å². The standard InChI is InChI=1S/C34H32F5N3O6/c1-20-30(23-9-4-12-28(31(23)36)48-16-6-15-47-19-29(43)44)32(45)42(18-27-22-8-3-2-7-21(22)13-14-40-27)33(46)41(20)17-24-25(34(37,38)39)10-5-11-26(24)35/h2-5,7-12,27,40H,6,13-19H2,1H3,(H,43,44)/t27-/m0/s1. The maximum atomic E-state index is 16.0. The highest BCUT2D eigenvalue weighted by molar-refractivity contribution is 5.68. The van der Waals surface area contributed by atoms with Gasteiger partial charge in [0.2, 0.25) is 0 Å². The molecule has 0 fully saturated rings. The van der Waals surface area contributed by atoms with Gasteiger partial charge >= 0.3 is 17.8 Å². The SMILES string of the molecule is Cc1c(-c2cccc(OCCCOCC(=O)O)c2F)c(=O)n(C[C@@H]2NCCc3ccccc32)c(=O)n1Cc1c(F)cccc1C(F)(F)F. The molecular formula is C34H32F5N3O6. The van der Waals surface area contributed by atoms with Gasteiger partial charge in [-0.1, -0.05) is 42.5 Å². The zero-order valence-corrected chi connectivity index (χ0v) is 25.8. The van der Waals surface area contributed by atoms with Gasteiger partial charge in [-0.3, -0.25) is 13.9 Å². The maximum absolute atomic E-state index is 16.0. The molecular weight excluding hydrogens is 641 g/mol. The average Bonchev–Trinajstić information content (AvgIpc) is 3.04. The lowest BCUT2D eigenvalue weighted by Crippen LogP contribution is -2.46. The molecule has 0 unspecified atom stereocenters. The van der Waals surface area contributed by atoms with E-state index in [1.54, 1.807) is 6.07 Å². The van der Waals surface area contributed by atoms with Crippen LogP contribution in [0.3, 0.4) is 0 Å². The first-order valence-corrected chi connectivity index (χ1v) is 15.1. The number of benzene rings is 3. The van der Waals surface area contributed by atoms with Crippen LogP contribution in [0.15, 0.2) is 70.3 Å². The largest absolute Gasteiger partial charge is 0.490 e. The highest BCUT2D eigenvalue weighted by atomic mass is 19.4. The van der Waals surface area contributed by atoms with Crippen molar-refractivity contribution in [1.29, 1.82) is 0 Å². The quantitative estimate of drug-likeness (QED) is 0.159. The minimum absolute atomic E-state index is 0.0245. The van der Waals surface area contributed by atoms with Crippen molar-refractivity contribution in [2.45, 2.75) is 45.1 Å². The highest BCUT2D eigenvalue weighted by Crippen LogP contribution is 2.34. The fourth-order valence-electron chi connectivity index (χ4n) is 5.86. The van der Waals surface area contributed by atoms with E-state index in [1.165, 1.54) is 25.1 Å². The number of fused-ring (bicyclic) bond motifs is 1. The van der Waals surface area contributed by atoms with Gasteiger partial charge in [-0.15, -0.1) is 0 Å². The van der Waals surface area contributed by atoms with Gasteiger partial charge in [-0.05, 0) is 49.2 Å². The van der Waals surface area contributed by atoms with E-state index in [-0.39, 0.29) is 48.7 Å². The number of hydrogen-bond donors (Lipinski definition) is 2. The molecule has 9 nitrogen and oxygen atoms in total. The summed E-state index contributed by atoms with van der Waals surface area (Å²) in [4.78, 5) is 38.8. The number of nitrogens with zero attached hydrogens (tertiary/aromatic N) is 2. The molecule has 0 bridgehead atoms. The number of halogens is 5. The van der Waals surface area contributed by atoms with E-state index in [0.29, 0.717) is 19.0 Å². The molecule has 14 heteroatoms. The van der Waals surface area contributed by atoms with Crippen molar-refractivity contribution < 1.29 is 41.3 Å². The van der Waals surface area contributed by atoms with Gasteiger partial charge in [0.1, 0.15) is 12.4 Å². The number of rotatable bonds is 12. The number of aliphatic carboxylic acids is 1. The van der Waals surface area contributed by atoms with E-state index >= 15 is 8.78 Å². The molecule has 1 atom stereocenters. The van der Waals surface area contributed by atoms with Crippen LogP contribution in [-0.2, 0) is 35.2 Å². The summed E-state index contributed by atoms with van der Waals surface area (Å²) in [5.74, 6) is -3.58. The van der Waals surface area contributed by atoms with Crippen LogP contribution < -0.4 is 21.3 Å². The van der Waals surface area contributed by atoms with Gasteiger partial charge in [-0.25, -0.2) is 18.4 Å². The van der Waals surface area contributed by atoms with Crippen molar-refractivity contribution in [2.24, 2.45) is 0 Å². The Morgan fingerprint density at radius 1 is 1.00 bits per heavy atom. The van der Waals surface area contributed by atoms with Gasteiger partial charge in [0.05, 0.1) is 43.5 Å². The van der Waals surface area contributed by atoms with E-state index < -0.39 is 65.3 Å². The van der Waals surface area contributed by atoms with Gasteiger partial charge < -0.3 is 19.9 Å². The van der Waals surface area contributed by atoms with Crippen LogP contribution in [0.25, 0.3) is 11.1 Å². The minimum Gasteiger partial charge on any atom is -0.490 e. The normalized spacial score (nSPS) is 14.5. The molecule has 0 saturated carbocycles. The Kier molecular flexibility index (Phi) is 10.4. The van der Waals surface area contributed by atoms with Crippen molar-refractivity contribution in [3.8, 4) is 16.9 Å². The summed E-state index contributed by atoms with van der Waals surface area (Å²) in [6.07, 6.45) is -4.03. The van der Waals surface area contributed by atoms with E-state index in [0.717, 1.165) is 32.4 Å². The lowest BCUT2D eigenvalue weighted by Gasteiger charge is -2.28. The van der Waals surface area contributed by atoms with Crippen LogP contribution >= 0.6 is 0 Å². The molecule has 48 heavy (non-hydrogen) atoms. The Bertz CT molecular complexity index is 1940. The third kappa shape index (κ3) is 7.34. The summed E-state index contributed by atoms with van der Waals surface area (Å²) in [5.41, 5.74) is -2.92. The topological polar surface area (TPSA) is 112 Å². The highest BCUT2D eigenvalue weighted by Gasteiger charge is 2.35. The van der Waals surface area contributed by atoms with Crippen molar-refractivity contribution in [3.05, 3.63) is 121 Å². The van der Waals surface area contributed by atoms with Crippen molar-refractivity contribution in [1.82, 2.24) is 14.5 Å². The van der Waals surface area contributed by atoms with Crippen LogP contribution in [0.2, 0.25) is 0 Å². The van der Waals surface area contributed by atoms with Gasteiger partial charge in [0.15, 0.2) is 11.6 Å². The van der Waals surface area contributed by atoms with E-state index in [4.69, 9.17) is 14.6 Å². The first-order valence-electron chi connectivity index (χ1n) is 15.1. The number of alkyl halides is 3. The third-order valence-electron chi connectivity index (χ3n) is 8.16. The average molecular weight is 674 g/mol. The van der Waals surface area contributed by atoms with Crippen molar-refractivity contribution in [3.63, 3.8) is 0 Å². The molecule has 5 rings (SSSR count). The lowest BCUT2D eigenvalue weighted by atomic mass is 9.94. The first-order chi connectivity index (χ1) is 22.9. The molecule has 0 aliphatic carbocycles. The number of hydrogen-bond acceptors (Lipinski definition) is 6. The fourth-order valence-corrected chi connectivity index (χ4v) is 5.86. The second-order valence-corrected chi connectivity index (χ2v) is 11.2. The summed E-state index contributed by atoms with van der Waals surface area (Å²) in [6, 6.07) is 13.3. The van der Waals surface area contributed by atoms with Crippen LogP contribution in [0, 0.1) is 18.6 Å². The monoisotopic (exact) mass is 673 g/mol. The Balaban J connectivity index is 1.62. The Morgan fingerprint density at radius 3 is 2.50 bits per heavy atom. The van der Waals surface area contributed by atoms with E-state index in [1.807, 2.05) is 18.2 Å². The number of aromatic nitrogens is 2. The summed E-state index contributed by atoms with van der Waals surface area (Å²) in [6.45, 7) is 0.145. The molecule has 0 saturated heterocycles. The molecule has 0 spiro atoms. The molecule has 3 aromatic carbocycles. The number of carbonyl (C=O) groups is 1. The number of ether oxygens (including phenoxy) is 2. The molecule has 254 valence electrons. The Morgan fingerprint density at radius 2 is 1.75 bits per heavy atom. The fraction of sp³-hybridized carbons (Fsp3) is 0.324. The van der Waals surface area contributed by atoms with Gasteiger partial charge in [0.25, 0.3) is 5.56 Å². The molecule has 0 amide bonds. The summed E-state index contributed by atoms with van der Waals surface area (Å²) < 4.78 is 85.1. The molecule has 2 N–H and O–H groups in total. The maximum Gasteiger partial charge on any atom is 0.416 e. The van der Waals surface area contributed by atoms with Crippen molar-refractivity contribution in [2.75, 3.05) is 26.4 Å². The van der Waals surface area contributed by atoms with Gasteiger partial charge in [-0.2, -0.15) is 13.2 Å². The van der Waals surface area contributed by atoms with Gasteiger partial charge in [0, 0.05) is 23.2 Å². The zero-order valence-electron chi connectivity index (χ0n) is 25.8. The lowest BCUT2D eigenvalue weighted by molar-refractivity contribution is -0.142. The molecule has 2 heterocycles. The number of carboxylic acids is 1. The minimum atomic E-state index is -4.95. The summed E-state index contributed by atoms with van der Waals surface area (Å²) >= 11 is 0. The van der Waals surface area contributed by atoms with E-state index in [2.05, 4.69) is 5.32 Å². The predicted octanol–water partition coefficient (Wildman–Crippen LogP) is 5.09. The second kappa shape index (κ2) is 14.5. The predicted molar refractivity (Wildman–Crippen MR) is 165 cm³/mol. The number of nitrogens with one attached hydrogen (secondary N) is 1.